The first kappa shape index (κ1) is 12.2. The van der Waals surface area contributed by atoms with Gasteiger partial charge in [0, 0.05) is 15.1 Å². The van der Waals surface area contributed by atoms with Crippen LogP contribution in [-0.2, 0) is 0 Å². The molecule has 0 radical (unpaired) electrons. The lowest BCUT2D eigenvalue weighted by Gasteiger charge is -2.00. The molecule has 1 aromatic heterocycles. The second-order valence-electron chi connectivity index (χ2n) is 4.05. The van der Waals surface area contributed by atoms with E-state index in [1.54, 1.807) is 12.1 Å². The van der Waals surface area contributed by atoms with E-state index in [0.29, 0.717) is 10.6 Å². The van der Waals surface area contributed by atoms with Crippen LogP contribution in [0.15, 0.2) is 40.9 Å². The second kappa shape index (κ2) is 4.69. The molecule has 0 spiro atoms. The van der Waals surface area contributed by atoms with E-state index in [-0.39, 0.29) is 0 Å². The number of hydrogen-bond acceptors (Lipinski definition) is 2. The van der Waals surface area contributed by atoms with Gasteiger partial charge in [-0.2, -0.15) is 5.26 Å². The maximum Gasteiger partial charge on any atom is 0.139 e. The molecule has 0 bridgehead atoms. The molecule has 5 heteroatoms. The molecule has 3 nitrogen and oxygen atoms in total. The number of nitrogens with zero attached hydrogens (tertiary/aromatic N) is 2. The molecule has 0 saturated heterocycles. The molecule has 1 N–H and O–H groups in total. The van der Waals surface area contributed by atoms with Gasteiger partial charge in [0.1, 0.15) is 5.82 Å². The van der Waals surface area contributed by atoms with Crippen LogP contribution in [0.3, 0.4) is 0 Å². The molecule has 92 valence electrons. The maximum atomic E-state index is 8.89. The largest absolute Gasteiger partial charge is 0.338 e. The lowest BCUT2D eigenvalue weighted by Crippen LogP contribution is -1.82. The van der Waals surface area contributed by atoms with Crippen LogP contribution < -0.4 is 0 Å². The summed E-state index contributed by atoms with van der Waals surface area (Å²) in [6.45, 7) is 0. The van der Waals surface area contributed by atoms with E-state index in [1.165, 1.54) is 0 Å². The SMILES string of the molecule is N#Cc1ccc2nc(-c3cc(Cl)ccc3Br)[nH]c2c1. The summed E-state index contributed by atoms with van der Waals surface area (Å²) in [5, 5.41) is 9.54. The Kier molecular flexibility index (Phi) is 3.02. The molecule has 0 saturated carbocycles. The quantitative estimate of drug-likeness (QED) is 0.712. The number of nitriles is 1. The van der Waals surface area contributed by atoms with Gasteiger partial charge in [0.25, 0.3) is 0 Å². The molecule has 1 heterocycles. The van der Waals surface area contributed by atoms with Gasteiger partial charge in [-0.1, -0.05) is 27.5 Å². The smallest absolute Gasteiger partial charge is 0.139 e. The first-order valence-corrected chi connectivity index (χ1v) is 6.70. The summed E-state index contributed by atoms with van der Waals surface area (Å²) in [5.41, 5.74) is 3.15. The second-order valence-corrected chi connectivity index (χ2v) is 5.34. The number of aromatic amines is 1. The Morgan fingerprint density at radius 1 is 1.21 bits per heavy atom. The summed E-state index contributed by atoms with van der Waals surface area (Å²) in [6.07, 6.45) is 0. The fourth-order valence-electron chi connectivity index (χ4n) is 1.89. The van der Waals surface area contributed by atoms with Crippen LogP contribution in [-0.4, -0.2) is 9.97 Å². The number of hydrogen-bond donors (Lipinski definition) is 1. The molecule has 0 aliphatic heterocycles. The van der Waals surface area contributed by atoms with E-state index in [4.69, 9.17) is 16.9 Å². The van der Waals surface area contributed by atoms with E-state index in [1.807, 2.05) is 24.3 Å². The number of imidazole rings is 1. The zero-order chi connectivity index (χ0) is 13.4. The lowest BCUT2D eigenvalue weighted by atomic mass is 10.2. The van der Waals surface area contributed by atoms with Crippen molar-refractivity contribution in [3.05, 3.63) is 51.5 Å². The highest BCUT2D eigenvalue weighted by Crippen LogP contribution is 2.30. The minimum absolute atomic E-state index is 0.604. The maximum absolute atomic E-state index is 8.89. The first-order valence-electron chi connectivity index (χ1n) is 5.52. The fourth-order valence-corrected chi connectivity index (χ4v) is 2.49. The van der Waals surface area contributed by atoms with Crippen molar-refractivity contribution in [2.24, 2.45) is 0 Å². The molecule has 0 unspecified atom stereocenters. The molecular weight excluding hydrogens is 326 g/mol. The minimum Gasteiger partial charge on any atom is -0.338 e. The molecule has 19 heavy (non-hydrogen) atoms. The Labute approximate surface area is 123 Å². The van der Waals surface area contributed by atoms with Gasteiger partial charge >= 0.3 is 0 Å². The predicted octanol–water partition coefficient (Wildman–Crippen LogP) is 4.52. The van der Waals surface area contributed by atoms with Gasteiger partial charge in [0.2, 0.25) is 0 Å². The third-order valence-corrected chi connectivity index (χ3v) is 3.72. The predicted molar refractivity (Wildman–Crippen MR) is 79.0 cm³/mol. The molecule has 0 atom stereocenters. The topological polar surface area (TPSA) is 52.5 Å². The van der Waals surface area contributed by atoms with E-state index < -0.39 is 0 Å². The summed E-state index contributed by atoms with van der Waals surface area (Å²) < 4.78 is 0.913. The van der Waals surface area contributed by atoms with Crippen molar-refractivity contribution in [1.82, 2.24) is 9.97 Å². The van der Waals surface area contributed by atoms with Crippen molar-refractivity contribution < 1.29 is 0 Å². The van der Waals surface area contributed by atoms with E-state index in [9.17, 15) is 0 Å². The summed E-state index contributed by atoms with van der Waals surface area (Å²) in [5.74, 6) is 0.722. The summed E-state index contributed by atoms with van der Waals surface area (Å²) in [7, 11) is 0. The number of halogens is 2. The van der Waals surface area contributed by atoms with Crippen molar-refractivity contribution >= 4 is 38.6 Å². The number of aromatic nitrogens is 2. The molecule has 0 aliphatic rings. The van der Waals surface area contributed by atoms with Crippen LogP contribution in [0.4, 0.5) is 0 Å². The molecule has 3 aromatic rings. The average Bonchev–Trinajstić information content (AvgIpc) is 2.83. The van der Waals surface area contributed by atoms with Gasteiger partial charge < -0.3 is 4.98 Å². The highest BCUT2D eigenvalue weighted by Gasteiger charge is 2.09. The van der Waals surface area contributed by atoms with Crippen molar-refractivity contribution in [1.29, 1.82) is 5.26 Å². The van der Waals surface area contributed by atoms with Crippen LogP contribution in [0.1, 0.15) is 5.56 Å². The number of rotatable bonds is 1. The van der Waals surface area contributed by atoms with Crippen molar-refractivity contribution in [3.63, 3.8) is 0 Å². The van der Waals surface area contributed by atoms with Gasteiger partial charge in [-0.15, -0.1) is 0 Å². The van der Waals surface area contributed by atoms with E-state index >= 15 is 0 Å². The number of benzene rings is 2. The third-order valence-electron chi connectivity index (χ3n) is 2.79. The first-order chi connectivity index (χ1) is 9.17. The zero-order valence-corrected chi connectivity index (χ0v) is 12.0. The van der Waals surface area contributed by atoms with Crippen LogP contribution in [0.25, 0.3) is 22.4 Å². The van der Waals surface area contributed by atoms with Gasteiger partial charge in [-0.05, 0) is 36.4 Å². The third kappa shape index (κ3) is 2.23. The Hall–Kier alpha value is -1.83. The Balaban J connectivity index is 2.21. The highest BCUT2D eigenvalue weighted by atomic mass is 79.9. The Morgan fingerprint density at radius 3 is 2.84 bits per heavy atom. The van der Waals surface area contributed by atoms with Crippen molar-refractivity contribution in [2.75, 3.05) is 0 Å². The van der Waals surface area contributed by atoms with Gasteiger partial charge in [0.15, 0.2) is 0 Å². The zero-order valence-electron chi connectivity index (χ0n) is 9.61. The normalized spacial score (nSPS) is 10.6. The Morgan fingerprint density at radius 2 is 2.05 bits per heavy atom. The molecule has 0 amide bonds. The van der Waals surface area contributed by atoms with Crippen LogP contribution in [0.5, 0.6) is 0 Å². The van der Waals surface area contributed by atoms with E-state index in [2.05, 4.69) is 32.0 Å². The van der Waals surface area contributed by atoms with Gasteiger partial charge in [0.05, 0.1) is 22.7 Å². The Bertz CT molecular complexity index is 817. The van der Waals surface area contributed by atoms with Gasteiger partial charge in [-0.25, -0.2) is 4.98 Å². The standard InChI is InChI=1S/C14H7BrClN3/c15-11-3-2-9(16)6-10(11)14-18-12-4-1-8(7-17)5-13(12)19-14/h1-6H,(H,18,19). The lowest BCUT2D eigenvalue weighted by molar-refractivity contribution is 1.33. The molecular formula is C14H7BrClN3. The van der Waals surface area contributed by atoms with Crippen LogP contribution >= 0.6 is 27.5 Å². The monoisotopic (exact) mass is 331 g/mol. The summed E-state index contributed by atoms with van der Waals surface area (Å²) in [4.78, 5) is 7.71. The molecule has 0 fully saturated rings. The fraction of sp³-hybridized carbons (Fsp3) is 0. The molecule has 3 rings (SSSR count). The highest BCUT2D eigenvalue weighted by molar-refractivity contribution is 9.10. The number of H-pyrrole nitrogens is 1. The average molecular weight is 333 g/mol. The van der Waals surface area contributed by atoms with E-state index in [0.717, 1.165) is 26.9 Å². The van der Waals surface area contributed by atoms with Crippen molar-refractivity contribution in [2.45, 2.75) is 0 Å². The summed E-state index contributed by atoms with van der Waals surface area (Å²) in [6, 6.07) is 13.0. The molecule has 2 aromatic carbocycles. The van der Waals surface area contributed by atoms with Crippen molar-refractivity contribution in [3.8, 4) is 17.5 Å². The summed E-state index contributed by atoms with van der Waals surface area (Å²) >= 11 is 9.49. The molecule has 0 aliphatic carbocycles. The minimum atomic E-state index is 0.604. The van der Waals surface area contributed by atoms with Crippen LogP contribution in [0, 0.1) is 11.3 Å². The number of nitrogens with one attached hydrogen (secondary N) is 1. The number of fused-ring (bicyclic) bond motifs is 1. The van der Waals surface area contributed by atoms with Crippen LogP contribution in [0.2, 0.25) is 5.02 Å². The van der Waals surface area contributed by atoms with Gasteiger partial charge in [-0.3, -0.25) is 0 Å².